The van der Waals surface area contributed by atoms with Gasteiger partial charge in [0, 0.05) is 36.3 Å². The van der Waals surface area contributed by atoms with Crippen molar-refractivity contribution < 1.29 is 8.78 Å². The van der Waals surface area contributed by atoms with E-state index < -0.39 is 11.6 Å². The second kappa shape index (κ2) is 10.6. The average Bonchev–Trinajstić information content (AvgIpc) is 3.02. The molecule has 0 spiro atoms. The molecule has 178 valence electrons. The number of aromatic nitrogens is 2. The molecule has 1 aliphatic rings. The van der Waals surface area contributed by atoms with Crippen molar-refractivity contribution in [3.05, 3.63) is 101 Å². The number of aryl methyl sites for hydroxylation is 2. The standard InChI is InChI=1S/C29H28F2N4/c1-5-8-22(16-32-4)29-33-17-21-10-6-9-19-15-20(13-14-23(19)27(21)35-29)26(18(2)3)34-28-24(30)11-7-12-25(28)31/h5,7-8,11-17,34H,1,6,9-10H2,2-4H3/b22-8+,32-16?. The molecule has 1 heterocycles. The van der Waals surface area contributed by atoms with Crippen molar-refractivity contribution in [1.82, 2.24) is 9.97 Å². The second-order valence-corrected chi connectivity index (χ2v) is 8.63. The summed E-state index contributed by atoms with van der Waals surface area (Å²) >= 11 is 0. The minimum Gasteiger partial charge on any atom is -0.350 e. The van der Waals surface area contributed by atoms with Crippen LogP contribution in [0.1, 0.15) is 42.8 Å². The van der Waals surface area contributed by atoms with Gasteiger partial charge in [-0.1, -0.05) is 42.5 Å². The topological polar surface area (TPSA) is 50.2 Å². The Kier molecular flexibility index (Phi) is 7.30. The van der Waals surface area contributed by atoms with Gasteiger partial charge in [-0.25, -0.2) is 18.7 Å². The van der Waals surface area contributed by atoms with Gasteiger partial charge >= 0.3 is 0 Å². The number of para-hydroxylation sites is 1. The molecule has 0 bridgehead atoms. The summed E-state index contributed by atoms with van der Waals surface area (Å²) in [5.41, 5.74) is 7.29. The largest absolute Gasteiger partial charge is 0.350 e. The van der Waals surface area contributed by atoms with Gasteiger partial charge in [-0.15, -0.1) is 0 Å². The van der Waals surface area contributed by atoms with Crippen LogP contribution in [0.15, 0.2) is 71.9 Å². The third kappa shape index (κ3) is 5.11. The highest BCUT2D eigenvalue weighted by Gasteiger charge is 2.20. The third-order valence-electron chi connectivity index (χ3n) is 5.94. The number of rotatable bonds is 6. The quantitative estimate of drug-likeness (QED) is 0.310. The summed E-state index contributed by atoms with van der Waals surface area (Å²) in [6.07, 6.45) is 9.84. The first-order chi connectivity index (χ1) is 16.9. The predicted octanol–water partition coefficient (Wildman–Crippen LogP) is 7.04. The summed E-state index contributed by atoms with van der Waals surface area (Å²) in [5.74, 6) is -0.667. The van der Waals surface area contributed by atoms with Crippen LogP contribution >= 0.6 is 0 Å². The molecule has 1 aromatic heterocycles. The van der Waals surface area contributed by atoms with E-state index in [2.05, 4.69) is 27.9 Å². The Labute approximate surface area is 204 Å². The van der Waals surface area contributed by atoms with Crippen LogP contribution in [0.4, 0.5) is 14.5 Å². The molecule has 0 amide bonds. The number of hydrogen-bond donors (Lipinski definition) is 1. The highest BCUT2D eigenvalue weighted by Crippen LogP contribution is 2.34. The van der Waals surface area contributed by atoms with Crippen molar-refractivity contribution in [2.24, 2.45) is 4.99 Å². The van der Waals surface area contributed by atoms with Gasteiger partial charge in [-0.2, -0.15) is 0 Å². The highest BCUT2D eigenvalue weighted by atomic mass is 19.1. The molecule has 35 heavy (non-hydrogen) atoms. The lowest BCUT2D eigenvalue weighted by Gasteiger charge is -2.17. The van der Waals surface area contributed by atoms with E-state index in [1.165, 1.54) is 18.2 Å². The summed E-state index contributed by atoms with van der Waals surface area (Å²) in [6, 6.07) is 9.95. The Hall–Kier alpha value is -3.93. The zero-order chi connectivity index (χ0) is 24.9. The first-order valence-corrected chi connectivity index (χ1v) is 11.6. The SMILES string of the molecule is C=C/C=C(\C=NC)c1ncc2c(n1)-c1ccc(C(Nc3c(F)cccc3F)=C(C)C)cc1CCC2. The number of nitrogens with one attached hydrogen (secondary N) is 1. The molecule has 0 saturated heterocycles. The van der Waals surface area contributed by atoms with Crippen molar-refractivity contribution >= 4 is 23.2 Å². The molecule has 0 saturated carbocycles. The predicted molar refractivity (Wildman–Crippen MR) is 140 cm³/mol. The van der Waals surface area contributed by atoms with Crippen LogP contribution in [0.25, 0.3) is 22.5 Å². The van der Waals surface area contributed by atoms with Gasteiger partial charge in [0.25, 0.3) is 0 Å². The number of aliphatic imine (C=N–C) groups is 1. The van der Waals surface area contributed by atoms with E-state index in [0.29, 0.717) is 11.5 Å². The van der Waals surface area contributed by atoms with E-state index >= 15 is 0 Å². The summed E-state index contributed by atoms with van der Waals surface area (Å²) in [6.45, 7) is 7.62. The van der Waals surface area contributed by atoms with Crippen LogP contribution in [0, 0.1) is 11.6 Å². The maximum atomic E-state index is 14.3. The van der Waals surface area contributed by atoms with Crippen LogP contribution in [0.3, 0.4) is 0 Å². The van der Waals surface area contributed by atoms with Gasteiger partial charge in [0.15, 0.2) is 5.82 Å². The van der Waals surface area contributed by atoms with Crippen molar-refractivity contribution in [2.45, 2.75) is 33.1 Å². The molecule has 3 aromatic rings. The maximum absolute atomic E-state index is 14.3. The lowest BCUT2D eigenvalue weighted by Crippen LogP contribution is -2.06. The zero-order valence-corrected chi connectivity index (χ0v) is 20.2. The average molecular weight is 471 g/mol. The first kappa shape index (κ1) is 24.2. The van der Waals surface area contributed by atoms with Gasteiger partial charge in [0.2, 0.25) is 0 Å². The van der Waals surface area contributed by atoms with Gasteiger partial charge < -0.3 is 5.32 Å². The van der Waals surface area contributed by atoms with E-state index in [1.54, 1.807) is 19.3 Å². The molecule has 0 aliphatic heterocycles. The molecule has 1 N–H and O–H groups in total. The molecule has 4 nitrogen and oxygen atoms in total. The minimum absolute atomic E-state index is 0.152. The molecule has 0 fully saturated rings. The lowest BCUT2D eigenvalue weighted by molar-refractivity contribution is 0.591. The number of fused-ring (bicyclic) bond motifs is 3. The minimum atomic E-state index is -0.629. The van der Waals surface area contributed by atoms with Crippen LogP contribution in [0.5, 0.6) is 0 Å². The molecular weight excluding hydrogens is 442 g/mol. The number of benzene rings is 2. The van der Waals surface area contributed by atoms with Gasteiger partial charge in [-0.05, 0) is 68.0 Å². The van der Waals surface area contributed by atoms with Crippen LogP contribution in [-0.2, 0) is 12.8 Å². The van der Waals surface area contributed by atoms with Crippen molar-refractivity contribution in [1.29, 1.82) is 0 Å². The monoisotopic (exact) mass is 470 g/mol. The van der Waals surface area contributed by atoms with Gasteiger partial charge in [0.1, 0.15) is 17.3 Å². The number of halogens is 2. The van der Waals surface area contributed by atoms with E-state index in [9.17, 15) is 8.78 Å². The molecule has 2 aromatic carbocycles. The maximum Gasteiger partial charge on any atom is 0.161 e. The first-order valence-electron chi connectivity index (χ1n) is 11.6. The fraction of sp³-hybridized carbons (Fsp3) is 0.207. The van der Waals surface area contributed by atoms with Crippen LogP contribution < -0.4 is 5.32 Å². The molecule has 0 radical (unpaired) electrons. The smallest absolute Gasteiger partial charge is 0.161 e. The summed E-state index contributed by atoms with van der Waals surface area (Å²) in [7, 11) is 1.71. The zero-order valence-electron chi connectivity index (χ0n) is 20.2. The normalized spacial score (nSPS) is 13.1. The number of allylic oxidation sites excluding steroid dienone is 4. The summed E-state index contributed by atoms with van der Waals surface area (Å²) in [5, 5.41) is 3.00. The molecule has 0 unspecified atom stereocenters. The Morgan fingerprint density at radius 1 is 1.09 bits per heavy atom. The van der Waals surface area contributed by atoms with E-state index in [4.69, 9.17) is 4.98 Å². The summed E-state index contributed by atoms with van der Waals surface area (Å²) < 4.78 is 28.7. The Morgan fingerprint density at radius 3 is 2.51 bits per heavy atom. The van der Waals surface area contributed by atoms with E-state index in [1.807, 2.05) is 38.3 Å². The number of hydrogen-bond acceptors (Lipinski definition) is 4. The van der Waals surface area contributed by atoms with Crippen LogP contribution in [0.2, 0.25) is 0 Å². The Morgan fingerprint density at radius 2 is 1.83 bits per heavy atom. The highest BCUT2D eigenvalue weighted by molar-refractivity contribution is 6.08. The number of nitrogens with zero attached hydrogens (tertiary/aromatic N) is 3. The fourth-order valence-corrected chi connectivity index (χ4v) is 4.29. The van der Waals surface area contributed by atoms with Gasteiger partial charge in [-0.3, -0.25) is 4.99 Å². The Balaban J connectivity index is 1.78. The number of anilines is 1. The second-order valence-electron chi connectivity index (χ2n) is 8.63. The molecule has 0 atom stereocenters. The summed E-state index contributed by atoms with van der Waals surface area (Å²) in [4.78, 5) is 13.6. The molecule has 6 heteroatoms. The van der Waals surface area contributed by atoms with E-state index in [-0.39, 0.29) is 5.69 Å². The van der Waals surface area contributed by atoms with Crippen molar-refractivity contribution in [3.8, 4) is 11.3 Å². The molecule has 4 rings (SSSR count). The molecule has 1 aliphatic carbocycles. The molecular formula is C29H28F2N4. The van der Waals surface area contributed by atoms with Crippen molar-refractivity contribution in [2.75, 3.05) is 12.4 Å². The van der Waals surface area contributed by atoms with Gasteiger partial charge in [0.05, 0.1) is 5.69 Å². The fourth-order valence-electron chi connectivity index (χ4n) is 4.29. The lowest BCUT2D eigenvalue weighted by atomic mass is 9.96. The van der Waals surface area contributed by atoms with Crippen LogP contribution in [-0.4, -0.2) is 23.2 Å². The van der Waals surface area contributed by atoms with Crippen molar-refractivity contribution in [3.63, 3.8) is 0 Å². The third-order valence-corrected chi connectivity index (χ3v) is 5.94. The Bertz CT molecular complexity index is 1340. The van der Waals surface area contributed by atoms with E-state index in [0.717, 1.165) is 58.4 Å².